The number of H-pyrrole nitrogens is 2. The van der Waals surface area contributed by atoms with Gasteiger partial charge in [0.05, 0.1) is 22.1 Å². The standard InChI is InChI=1S/C28H26F2N4/c29-28(30)12-11-20(15-28)27-31-22-9-6-18(14-24(22)33-27)17-5-8-21-19(13-17)7-10-23-25(21)34-26(32-23)16-3-1-2-4-16/h5-10,13-14,16,20H,1-4,11-12,15H2,(H,31,33)(H,32,34)/t20-/m0/s1. The van der Waals surface area contributed by atoms with E-state index in [2.05, 4.69) is 57.4 Å². The number of aromatic amines is 2. The largest absolute Gasteiger partial charge is 0.342 e. The highest BCUT2D eigenvalue weighted by atomic mass is 19.3. The first-order chi connectivity index (χ1) is 16.5. The number of alkyl halides is 2. The van der Waals surface area contributed by atoms with Gasteiger partial charge in [0.15, 0.2) is 0 Å². The van der Waals surface area contributed by atoms with Crippen LogP contribution in [0.1, 0.15) is 68.4 Å². The summed E-state index contributed by atoms with van der Waals surface area (Å²) in [7, 11) is 0. The summed E-state index contributed by atoms with van der Waals surface area (Å²) in [4.78, 5) is 16.5. The monoisotopic (exact) mass is 456 g/mol. The van der Waals surface area contributed by atoms with Crippen LogP contribution in [0.25, 0.3) is 44.0 Å². The van der Waals surface area contributed by atoms with Crippen molar-refractivity contribution in [1.82, 2.24) is 19.9 Å². The van der Waals surface area contributed by atoms with E-state index in [0.717, 1.165) is 49.8 Å². The first-order valence-electron chi connectivity index (χ1n) is 12.3. The number of aromatic nitrogens is 4. The molecule has 3 aromatic carbocycles. The minimum Gasteiger partial charge on any atom is -0.342 e. The normalized spacial score (nSPS) is 20.8. The van der Waals surface area contributed by atoms with Crippen LogP contribution < -0.4 is 0 Å². The van der Waals surface area contributed by atoms with Crippen molar-refractivity contribution in [2.24, 2.45) is 0 Å². The van der Waals surface area contributed by atoms with Crippen molar-refractivity contribution < 1.29 is 8.78 Å². The molecule has 0 saturated heterocycles. The van der Waals surface area contributed by atoms with Gasteiger partial charge in [-0.1, -0.05) is 37.1 Å². The molecule has 172 valence electrons. The zero-order valence-electron chi connectivity index (χ0n) is 18.9. The van der Waals surface area contributed by atoms with E-state index in [1.165, 1.54) is 25.7 Å². The van der Waals surface area contributed by atoms with Gasteiger partial charge in [-0.3, -0.25) is 0 Å². The molecule has 2 heterocycles. The zero-order chi connectivity index (χ0) is 22.9. The molecular formula is C28H26F2N4. The molecule has 0 radical (unpaired) electrons. The van der Waals surface area contributed by atoms with Gasteiger partial charge in [0.2, 0.25) is 5.92 Å². The second kappa shape index (κ2) is 7.36. The molecule has 7 rings (SSSR count). The molecule has 2 aliphatic carbocycles. The zero-order valence-corrected chi connectivity index (χ0v) is 18.9. The third kappa shape index (κ3) is 3.30. The minimum atomic E-state index is -2.57. The number of nitrogens with one attached hydrogen (secondary N) is 2. The van der Waals surface area contributed by atoms with E-state index < -0.39 is 5.92 Å². The van der Waals surface area contributed by atoms with Gasteiger partial charge in [0.1, 0.15) is 11.6 Å². The summed E-state index contributed by atoms with van der Waals surface area (Å²) >= 11 is 0. The maximum absolute atomic E-state index is 13.7. The number of hydrogen-bond donors (Lipinski definition) is 2. The molecule has 5 aromatic rings. The Bertz CT molecular complexity index is 1540. The maximum atomic E-state index is 13.7. The molecule has 2 saturated carbocycles. The highest BCUT2D eigenvalue weighted by Crippen LogP contribution is 2.44. The smallest absolute Gasteiger partial charge is 0.248 e. The van der Waals surface area contributed by atoms with Crippen LogP contribution in [0.4, 0.5) is 8.78 Å². The van der Waals surface area contributed by atoms with Crippen molar-refractivity contribution in [3.05, 3.63) is 60.2 Å². The van der Waals surface area contributed by atoms with E-state index in [9.17, 15) is 8.78 Å². The topological polar surface area (TPSA) is 57.4 Å². The van der Waals surface area contributed by atoms with Crippen molar-refractivity contribution >= 4 is 32.8 Å². The van der Waals surface area contributed by atoms with Crippen LogP contribution in [0.15, 0.2) is 48.5 Å². The number of rotatable bonds is 3. The first-order valence-corrected chi connectivity index (χ1v) is 12.3. The summed E-state index contributed by atoms with van der Waals surface area (Å²) in [5, 5.41) is 2.32. The first kappa shape index (κ1) is 20.1. The van der Waals surface area contributed by atoms with Gasteiger partial charge in [-0.2, -0.15) is 0 Å². The Balaban J connectivity index is 1.24. The highest BCUT2D eigenvalue weighted by molar-refractivity contribution is 6.05. The Hall–Kier alpha value is -3.28. The van der Waals surface area contributed by atoms with Crippen LogP contribution >= 0.6 is 0 Å². The van der Waals surface area contributed by atoms with Crippen molar-refractivity contribution in [3.8, 4) is 11.1 Å². The van der Waals surface area contributed by atoms with Crippen LogP contribution in [0.3, 0.4) is 0 Å². The van der Waals surface area contributed by atoms with Crippen LogP contribution in [0.2, 0.25) is 0 Å². The summed E-state index contributed by atoms with van der Waals surface area (Å²) in [5.41, 5.74) is 6.07. The molecule has 2 aromatic heterocycles. The van der Waals surface area contributed by atoms with Crippen molar-refractivity contribution in [1.29, 1.82) is 0 Å². The number of fused-ring (bicyclic) bond motifs is 4. The SMILES string of the molecule is FC1(F)CC[C@H](c2nc3ccc(-c4ccc5c(ccc6[nH]c(C7CCCC7)nc65)c4)cc3[nH]2)C1. The molecule has 6 heteroatoms. The molecule has 0 spiro atoms. The predicted molar refractivity (Wildman–Crippen MR) is 131 cm³/mol. The summed E-state index contributed by atoms with van der Waals surface area (Å²) in [6.07, 6.45) is 5.35. The van der Waals surface area contributed by atoms with Crippen LogP contribution in [-0.4, -0.2) is 25.9 Å². The lowest BCUT2D eigenvalue weighted by Gasteiger charge is -2.07. The average Bonchev–Trinajstić information content (AvgIpc) is 3.62. The molecule has 2 N–H and O–H groups in total. The van der Waals surface area contributed by atoms with Gasteiger partial charge in [0.25, 0.3) is 0 Å². The maximum Gasteiger partial charge on any atom is 0.248 e. The van der Waals surface area contributed by atoms with E-state index >= 15 is 0 Å². The van der Waals surface area contributed by atoms with Crippen LogP contribution in [0, 0.1) is 0 Å². The number of benzene rings is 3. The van der Waals surface area contributed by atoms with E-state index in [0.29, 0.717) is 18.2 Å². The Labute approximate surface area is 195 Å². The predicted octanol–water partition coefficient (Wildman–Crippen LogP) is 7.82. The summed E-state index contributed by atoms with van der Waals surface area (Å²) in [6.45, 7) is 0. The number of nitrogens with zero attached hydrogens (tertiary/aromatic N) is 2. The highest BCUT2D eigenvalue weighted by Gasteiger charge is 2.41. The van der Waals surface area contributed by atoms with E-state index in [1.807, 2.05) is 6.07 Å². The third-order valence-electron chi connectivity index (χ3n) is 7.85. The van der Waals surface area contributed by atoms with Crippen LogP contribution in [0.5, 0.6) is 0 Å². The Morgan fingerprint density at radius 1 is 0.765 bits per heavy atom. The van der Waals surface area contributed by atoms with Crippen molar-refractivity contribution in [3.63, 3.8) is 0 Å². The van der Waals surface area contributed by atoms with E-state index in [-0.39, 0.29) is 18.8 Å². The lowest BCUT2D eigenvalue weighted by Crippen LogP contribution is -2.09. The van der Waals surface area contributed by atoms with Gasteiger partial charge in [-0.05, 0) is 60.0 Å². The fourth-order valence-corrected chi connectivity index (χ4v) is 5.98. The number of hydrogen-bond acceptors (Lipinski definition) is 2. The fourth-order valence-electron chi connectivity index (χ4n) is 5.98. The number of imidazole rings is 2. The van der Waals surface area contributed by atoms with Crippen molar-refractivity contribution in [2.45, 2.75) is 62.7 Å². The van der Waals surface area contributed by atoms with E-state index in [4.69, 9.17) is 4.98 Å². The molecule has 34 heavy (non-hydrogen) atoms. The molecule has 1 atom stereocenters. The molecular weight excluding hydrogens is 430 g/mol. The van der Waals surface area contributed by atoms with Gasteiger partial charge < -0.3 is 9.97 Å². The Morgan fingerprint density at radius 2 is 1.53 bits per heavy atom. The van der Waals surface area contributed by atoms with E-state index in [1.54, 1.807) is 0 Å². The van der Waals surface area contributed by atoms with Gasteiger partial charge in [-0.25, -0.2) is 18.7 Å². The summed E-state index contributed by atoms with van der Waals surface area (Å²) in [6, 6.07) is 16.9. The minimum absolute atomic E-state index is 0.0531. The molecule has 0 aliphatic heterocycles. The second-order valence-electron chi connectivity index (χ2n) is 10.2. The van der Waals surface area contributed by atoms with Crippen molar-refractivity contribution in [2.75, 3.05) is 0 Å². The Kier molecular flexibility index (Phi) is 4.36. The molecule has 0 unspecified atom stereocenters. The summed E-state index contributed by atoms with van der Waals surface area (Å²) in [5.74, 6) is -0.399. The average molecular weight is 457 g/mol. The molecule has 2 fully saturated rings. The van der Waals surface area contributed by atoms with Gasteiger partial charge in [-0.15, -0.1) is 0 Å². The lowest BCUT2D eigenvalue weighted by molar-refractivity contribution is 0.00756. The van der Waals surface area contributed by atoms with Crippen LogP contribution in [-0.2, 0) is 0 Å². The number of halogens is 2. The second-order valence-corrected chi connectivity index (χ2v) is 10.2. The molecule has 2 aliphatic rings. The molecule has 4 nitrogen and oxygen atoms in total. The van der Waals surface area contributed by atoms with Gasteiger partial charge >= 0.3 is 0 Å². The molecule has 0 amide bonds. The molecule has 0 bridgehead atoms. The third-order valence-corrected chi connectivity index (χ3v) is 7.85. The van der Waals surface area contributed by atoms with Gasteiger partial charge in [0, 0.05) is 30.1 Å². The summed E-state index contributed by atoms with van der Waals surface area (Å²) < 4.78 is 27.4. The fraction of sp³-hybridized carbons (Fsp3) is 0.357. The lowest BCUT2D eigenvalue weighted by atomic mass is 10.0. The quantitative estimate of drug-likeness (QED) is 0.291. The Morgan fingerprint density at radius 3 is 2.35 bits per heavy atom.